The number of esters is 1. The third-order valence-electron chi connectivity index (χ3n) is 3.97. The Morgan fingerprint density at radius 3 is 2.79 bits per heavy atom. The summed E-state index contributed by atoms with van der Waals surface area (Å²) in [4.78, 5) is 12.0. The molecule has 6 heteroatoms. The fraction of sp³-hybridized carbons (Fsp3) is 0.222. The van der Waals surface area contributed by atoms with Crippen LogP contribution in [-0.2, 0) is 9.53 Å². The number of ether oxygens (including phenoxy) is 2. The second-order valence-electron chi connectivity index (χ2n) is 5.62. The number of carbonyl (C=O) groups excluding carboxylic acids is 1. The molecule has 1 aliphatic heterocycles. The maximum Gasteiger partial charge on any atom is 0.340 e. The molecule has 0 spiro atoms. The van der Waals surface area contributed by atoms with Crippen LogP contribution in [0.2, 0.25) is 0 Å². The van der Waals surface area contributed by atoms with Gasteiger partial charge in [0.05, 0.1) is 0 Å². The first kappa shape index (κ1) is 14.8. The van der Waals surface area contributed by atoms with Crippen molar-refractivity contribution in [1.82, 2.24) is 5.16 Å². The van der Waals surface area contributed by atoms with Gasteiger partial charge in [-0.05, 0) is 49.2 Å². The molecular formula is C18H14FNO4. The second kappa shape index (κ2) is 6.05. The molecule has 3 aromatic rings. The van der Waals surface area contributed by atoms with Gasteiger partial charge in [-0.1, -0.05) is 5.16 Å². The number of aromatic nitrogens is 1. The van der Waals surface area contributed by atoms with Crippen molar-refractivity contribution in [3.63, 3.8) is 0 Å². The summed E-state index contributed by atoms with van der Waals surface area (Å²) < 4.78 is 29.0. The van der Waals surface area contributed by atoms with Crippen molar-refractivity contribution in [2.75, 3.05) is 6.61 Å². The van der Waals surface area contributed by atoms with Gasteiger partial charge in [-0.25, -0.2) is 9.18 Å². The zero-order chi connectivity index (χ0) is 16.5. The lowest BCUT2D eigenvalue weighted by Gasteiger charge is -2.08. The van der Waals surface area contributed by atoms with E-state index in [4.69, 9.17) is 14.0 Å². The lowest BCUT2D eigenvalue weighted by Crippen LogP contribution is -2.24. The molecule has 0 aliphatic carbocycles. The number of hydrogen-bond acceptors (Lipinski definition) is 5. The largest absolute Gasteiger partial charge is 0.424 e. The number of rotatable bonds is 3. The highest BCUT2D eigenvalue weighted by molar-refractivity contribution is 5.92. The first-order chi connectivity index (χ1) is 11.7. The van der Waals surface area contributed by atoms with Gasteiger partial charge in [-0.3, -0.25) is 0 Å². The van der Waals surface area contributed by atoms with E-state index in [0.717, 1.165) is 17.4 Å². The van der Waals surface area contributed by atoms with Crippen molar-refractivity contribution < 1.29 is 23.2 Å². The molecule has 2 aromatic carbocycles. The van der Waals surface area contributed by atoms with Gasteiger partial charge in [0, 0.05) is 23.6 Å². The lowest BCUT2D eigenvalue weighted by atomic mass is 10.1. The maximum atomic E-state index is 13.0. The normalized spacial score (nSPS) is 17.3. The van der Waals surface area contributed by atoms with Gasteiger partial charge in [0.1, 0.15) is 17.3 Å². The molecule has 5 nitrogen and oxygen atoms in total. The summed E-state index contributed by atoms with van der Waals surface area (Å²) in [5.74, 6) is -0.329. The van der Waals surface area contributed by atoms with Crippen LogP contribution in [0, 0.1) is 5.82 Å². The molecule has 1 unspecified atom stereocenters. The maximum absolute atomic E-state index is 13.0. The molecule has 1 atom stereocenters. The van der Waals surface area contributed by atoms with Crippen LogP contribution in [0.5, 0.6) is 5.75 Å². The van der Waals surface area contributed by atoms with Crippen LogP contribution in [0.1, 0.15) is 12.8 Å². The molecule has 1 fully saturated rings. The van der Waals surface area contributed by atoms with Crippen molar-refractivity contribution in [3.05, 3.63) is 48.3 Å². The molecule has 4 rings (SSSR count). The summed E-state index contributed by atoms with van der Waals surface area (Å²) in [6.07, 6.45) is 1.05. The minimum absolute atomic E-state index is 0.310. The van der Waals surface area contributed by atoms with Crippen LogP contribution in [0.3, 0.4) is 0 Å². The highest BCUT2D eigenvalue weighted by Gasteiger charge is 2.25. The van der Waals surface area contributed by atoms with Gasteiger partial charge >= 0.3 is 5.97 Å². The van der Waals surface area contributed by atoms with E-state index >= 15 is 0 Å². The van der Waals surface area contributed by atoms with Crippen molar-refractivity contribution in [2.45, 2.75) is 18.9 Å². The van der Waals surface area contributed by atoms with E-state index in [9.17, 15) is 9.18 Å². The molecular weight excluding hydrogens is 313 g/mol. The van der Waals surface area contributed by atoms with Gasteiger partial charge in [0.2, 0.25) is 0 Å². The number of benzene rings is 2. The molecule has 0 N–H and O–H groups in total. The first-order valence-electron chi connectivity index (χ1n) is 7.69. The Hall–Kier alpha value is -2.73. The predicted molar refractivity (Wildman–Crippen MR) is 84.0 cm³/mol. The van der Waals surface area contributed by atoms with Gasteiger partial charge in [0.25, 0.3) is 0 Å². The van der Waals surface area contributed by atoms with Gasteiger partial charge in [-0.2, -0.15) is 0 Å². The van der Waals surface area contributed by atoms with Crippen LogP contribution >= 0.6 is 0 Å². The van der Waals surface area contributed by atoms with E-state index in [-0.39, 0.29) is 5.82 Å². The van der Waals surface area contributed by atoms with Crippen LogP contribution in [0.15, 0.2) is 47.0 Å². The topological polar surface area (TPSA) is 61.6 Å². The van der Waals surface area contributed by atoms with Crippen LogP contribution in [-0.4, -0.2) is 23.8 Å². The number of hydrogen-bond donors (Lipinski definition) is 0. The Labute approximate surface area is 137 Å². The molecule has 0 amide bonds. The van der Waals surface area contributed by atoms with Crippen molar-refractivity contribution in [2.24, 2.45) is 0 Å². The van der Waals surface area contributed by atoms with Crippen LogP contribution < -0.4 is 4.74 Å². The van der Waals surface area contributed by atoms with E-state index in [1.54, 1.807) is 30.3 Å². The minimum Gasteiger partial charge on any atom is -0.424 e. The van der Waals surface area contributed by atoms with E-state index < -0.39 is 12.1 Å². The van der Waals surface area contributed by atoms with E-state index in [0.29, 0.717) is 30.1 Å². The standard InChI is InChI=1S/C18H14FNO4/c19-12-5-3-11(4-6-12)17-14-8-7-13(10-16(14)24-20-17)23-18(21)15-2-1-9-22-15/h3-8,10,15H,1-2,9H2. The molecule has 1 aromatic heterocycles. The SMILES string of the molecule is O=C(Oc1ccc2c(-c3ccc(F)cc3)noc2c1)C1CCCO1. The molecule has 0 radical (unpaired) electrons. The Bertz CT molecular complexity index is 882. The summed E-state index contributed by atoms with van der Waals surface area (Å²) in [6, 6.07) is 11.1. The number of nitrogens with zero attached hydrogens (tertiary/aromatic N) is 1. The minimum atomic E-state index is -0.495. The average Bonchev–Trinajstić information content (AvgIpc) is 3.25. The Balaban J connectivity index is 1.60. The van der Waals surface area contributed by atoms with Crippen molar-refractivity contribution in [3.8, 4) is 17.0 Å². The number of carbonyl (C=O) groups is 1. The van der Waals surface area contributed by atoms with Crippen molar-refractivity contribution >= 4 is 16.9 Å². The summed E-state index contributed by atoms with van der Waals surface area (Å²) in [6.45, 7) is 0.585. The second-order valence-corrected chi connectivity index (χ2v) is 5.62. The fourth-order valence-electron chi connectivity index (χ4n) is 2.74. The highest BCUT2D eigenvalue weighted by Crippen LogP contribution is 2.30. The van der Waals surface area contributed by atoms with E-state index in [1.165, 1.54) is 12.1 Å². The molecule has 0 saturated carbocycles. The van der Waals surface area contributed by atoms with Gasteiger partial charge in [0.15, 0.2) is 11.7 Å². The number of fused-ring (bicyclic) bond motifs is 1. The highest BCUT2D eigenvalue weighted by atomic mass is 19.1. The van der Waals surface area contributed by atoms with Crippen LogP contribution in [0.25, 0.3) is 22.2 Å². The Kier molecular flexibility index (Phi) is 3.74. The Morgan fingerprint density at radius 1 is 1.21 bits per heavy atom. The van der Waals surface area contributed by atoms with Gasteiger partial charge in [-0.15, -0.1) is 0 Å². The van der Waals surface area contributed by atoms with Gasteiger partial charge < -0.3 is 14.0 Å². The third-order valence-corrected chi connectivity index (χ3v) is 3.97. The average molecular weight is 327 g/mol. The van der Waals surface area contributed by atoms with Crippen molar-refractivity contribution in [1.29, 1.82) is 0 Å². The Morgan fingerprint density at radius 2 is 2.04 bits per heavy atom. The zero-order valence-corrected chi connectivity index (χ0v) is 12.7. The first-order valence-corrected chi connectivity index (χ1v) is 7.69. The monoisotopic (exact) mass is 327 g/mol. The summed E-state index contributed by atoms with van der Waals surface area (Å²) in [5, 5.41) is 4.79. The smallest absolute Gasteiger partial charge is 0.340 e. The third kappa shape index (κ3) is 2.76. The van der Waals surface area contributed by atoms with Crippen LogP contribution in [0.4, 0.5) is 4.39 Å². The lowest BCUT2D eigenvalue weighted by molar-refractivity contribution is -0.144. The molecule has 0 bridgehead atoms. The quantitative estimate of drug-likeness (QED) is 0.542. The molecule has 24 heavy (non-hydrogen) atoms. The fourth-order valence-corrected chi connectivity index (χ4v) is 2.74. The summed E-state index contributed by atoms with van der Waals surface area (Å²) >= 11 is 0. The summed E-state index contributed by atoms with van der Waals surface area (Å²) in [7, 11) is 0. The molecule has 122 valence electrons. The molecule has 1 aliphatic rings. The zero-order valence-electron chi connectivity index (χ0n) is 12.7. The molecule has 1 saturated heterocycles. The number of halogens is 1. The molecule has 2 heterocycles. The van der Waals surface area contributed by atoms with E-state index in [2.05, 4.69) is 5.16 Å². The summed E-state index contributed by atoms with van der Waals surface area (Å²) in [5.41, 5.74) is 1.85. The predicted octanol–water partition coefficient (Wildman–Crippen LogP) is 3.72. The van der Waals surface area contributed by atoms with E-state index in [1.807, 2.05) is 0 Å².